The minimum absolute atomic E-state index is 0.146. The highest BCUT2D eigenvalue weighted by atomic mass is 19.4. The molecule has 1 heterocycles. The third-order valence-electron chi connectivity index (χ3n) is 2.87. The Bertz CT molecular complexity index is 748. The first kappa shape index (κ1) is 16.6. The maximum atomic E-state index is 12.8. The Morgan fingerprint density at radius 3 is 2.57 bits per heavy atom. The molecule has 1 aromatic carbocycles. The van der Waals surface area contributed by atoms with Crippen LogP contribution in [-0.2, 0) is 12.7 Å². The van der Waals surface area contributed by atoms with Gasteiger partial charge < -0.3 is 21.3 Å². The molecule has 0 radical (unpaired) electrons. The van der Waals surface area contributed by atoms with Gasteiger partial charge in [0.25, 0.3) is 5.91 Å². The summed E-state index contributed by atoms with van der Waals surface area (Å²) in [5.41, 5.74) is 9.16. The fraction of sp³-hybridized carbons (Fsp3) is 0.143. The van der Waals surface area contributed by atoms with Crippen molar-refractivity contribution in [1.29, 1.82) is 0 Å². The molecule has 1 aromatic heterocycles. The summed E-state index contributed by atoms with van der Waals surface area (Å²) in [6.07, 6.45) is -4.68. The zero-order valence-electron chi connectivity index (χ0n) is 11.6. The van der Waals surface area contributed by atoms with Gasteiger partial charge in [-0.2, -0.15) is 13.2 Å². The summed E-state index contributed by atoms with van der Waals surface area (Å²) < 4.78 is 43.6. The van der Waals surface area contributed by atoms with Crippen LogP contribution in [0.3, 0.4) is 0 Å². The van der Waals surface area contributed by atoms with Crippen molar-refractivity contribution in [2.24, 2.45) is 11.5 Å². The van der Waals surface area contributed by atoms with Gasteiger partial charge in [-0.3, -0.25) is 4.79 Å². The molecule has 0 aliphatic heterocycles. The van der Waals surface area contributed by atoms with Crippen molar-refractivity contribution in [1.82, 2.24) is 4.98 Å². The number of carbonyl (C=O) groups excluding carboxylic acids is 1. The lowest BCUT2D eigenvalue weighted by molar-refractivity contribution is -0.141. The van der Waals surface area contributed by atoms with E-state index in [1.165, 1.54) is 24.3 Å². The summed E-state index contributed by atoms with van der Waals surface area (Å²) in [6, 6.07) is 5.85. The number of amides is 1. The van der Waals surface area contributed by atoms with Crippen LogP contribution in [0.1, 0.15) is 21.6 Å². The molecule has 0 saturated carbocycles. The highest BCUT2D eigenvalue weighted by Gasteiger charge is 2.33. The Kier molecular flexibility index (Phi) is 4.41. The van der Waals surface area contributed by atoms with Gasteiger partial charge in [-0.25, -0.2) is 4.98 Å². The third kappa shape index (κ3) is 3.69. The van der Waals surface area contributed by atoms with E-state index in [1.54, 1.807) is 0 Å². The lowest BCUT2D eigenvalue weighted by Crippen LogP contribution is -2.12. The van der Waals surface area contributed by atoms with Gasteiger partial charge in [0.15, 0.2) is 11.5 Å². The van der Waals surface area contributed by atoms with E-state index < -0.39 is 29.4 Å². The quantitative estimate of drug-likeness (QED) is 0.797. The molecule has 2 aromatic rings. The largest absolute Gasteiger partial charge is 0.504 e. The molecular weight excluding hydrogens is 315 g/mol. The van der Waals surface area contributed by atoms with E-state index >= 15 is 0 Å². The predicted octanol–water partition coefficient (Wildman–Crippen LogP) is 2.16. The topological polar surface area (TPSA) is 111 Å². The SMILES string of the molecule is NCc1cc(Oc2cccc(C(N)=O)c2O)nc(C(F)(F)F)c1. The van der Waals surface area contributed by atoms with E-state index in [0.717, 1.165) is 6.07 Å². The summed E-state index contributed by atoms with van der Waals surface area (Å²) in [4.78, 5) is 14.5. The van der Waals surface area contributed by atoms with Crippen LogP contribution < -0.4 is 16.2 Å². The van der Waals surface area contributed by atoms with Crippen LogP contribution in [0, 0.1) is 0 Å². The van der Waals surface area contributed by atoms with Crippen molar-refractivity contribution in [3.05, 3.63) is 47.2 Å². The van der Waals surface area contributed by atoms with Gasteiger partial charge in [-0.15, -0.1) is 0 Å². The normalized spacial score (nSPS) is 11.3. The first-order chi connectivity index (χ1) is 10.7. The summed E-state index contributed by atoms with van der Waals surface area (Å²) in [5.74, 6) is -2.17. The maximum absolute atomic E-state index is 12.8. The number of carbonyl (C=O) groups is 1. The van der Waals surface area contributed by atoms with Gasteiger partial charge in [0.1, 0.15) is 5.69 Å². The minimum atomic E-state index is -4.68. The van der Waals surface area contributed by atoms with Crippen LogP contribution in [-0.4, -0.2) is 16.0 Å². The monoisotopic (exact) mass is 327 g/mol. The van der Waals surface area contributed by atoms with Crippen molar-refractivity contribution in [2.75, 3.05) is 0 Å². The van der Waals surface area contributed by atoms with Gasteiger partial charge in [0.2, 0.25) is 5.88 Å². The van der Waals surface area contributed by atoms with E-state index in [1.807, 2.05) is 0 Å². The molecular formula is C14H12F3N3O3. The summed E-state index contributed by atoms with van der Waals surface area (Å²) in [7, 11) is 0. The average Bonchev–Trinajstić information content (AvgIpc) is 2.47. The fourth-order valence-electron chi connectivity index (χ4n) is 1.79. The van der Waals surface area contributed by atoms with E-state index in [4.69, 9.17) is 16.2 Å². The van der Waals surface area contributed by atoms with Gasteiger partial charge in [-0.05, 0) is 23.8 Å². The number of primary amides is 1. The zero-order valence-corrected chi connectivity index (χ0v) is 11.6. The molecule has 9 heteroatoms. The first-order valence-corrected chi connectivity index (χ1v) is 6.30. The number of para-hydroxylation sites is 1. The Morgan fingerprint density at radius 2 is 2.00 bits per heavy atom. The predicted molar refractivity (Wildman–Crippen MR) is 73.8 cm³/mol. The highest BCUT2D eigenvalue weighted by molar-refractivity contribution is 5.96. The number of hydrogen-bond donors (Lipinski definition) is 3. The molecule has 6 nitrogen and oxygen atoms in total. The molecule has 1 amide bonds. The van der Waals surface area contributed by atoms with Crippen LogP contribution >= 0.6 is 0 Å². The van der Waals surface area contributed by atoms with Crippen LogP contribution in [0.5, 0.6) is 17.4 Å². The lowest BCUT2D eigenvalue weighted by atomic mass is 10.2. The first-order valence-electron chi connectivity index (χ1n) is 6.30. The number of aromatic nitrogens is 1. The number of alkyl halides is 3. The smallest absolute Gasteiger partial charge is 0.433 e. The molecule has 0 fully saturated rings. The van der Waals surface area contributed by atoms with E-state index in [-0.39, 0.29) is 23.4 Å². The van der Waals surface area contributed by atoms with E-state index in [2.05, 4.69) is 4.98 Å². The van der Waals surface area contributed by atoms with Crippen LogP contribution in [0.25, 0.3) is 0 Å². The van der Waals surface area contributed by atoms with Crippen molar-refractivity contribution in [3.63, 3.8) is 0 Å². The second kappa shape index (κ2) is 6.13. The summed E-state index contributed by atoms with van der Waals surface area (Å²) in [6.45, 7) is -0.157. The van der Waals surface area contributed by atoms with E-state index in [9.17, 15) is 23.1 Å². The molecule has 0 aliphatic rings. The molecule has 5 N–H and O–H groups in total. The van der Waals surface area contributed by atoms with Crippen LogP contribution in [0.4, 0.5) is 13.2 Å². The third-order valence-corrected chi connectivity index (χ3v) is 2.87. The summed E-state index contributed by atoms with van der Waals surface area (Å²) in [5, 5.41) is 9.88. The highest BCUT2D eigenvalue weighted by Crippen LogP contribution is 2.35. The lowest BCUT2D eigenvalue weighted by Gasteiger charge is -2.12. The molecule has 2 rings (SSSR count). The standard InChI is InChI=1S/C14H12F3N3O3/c15-14(16,17)10-4-7(6-18)5-11(20-10)23-9-3-1-2-8(12(9)21)13(19)22/h1-5,21H,6,18H2,(H2,19,22). The maximum Gasteiger partial charge on any atom is 0.433 e. The molecule has 0 bridgehead atoms. The Labute approximate surface area is 128 Å². The van der Waals surface area contributed by atoms with Gasteiger partial charge >= 0.3 is 6.18 Å². The molecule has 122 valence electrons. The van der Waals surface area contributed by atoms with Crippen molar-refractivity contribution >= 4 is 5.91 Å². The summed E-state index contributed by atoms with van der Waals surface area (Å²) >= 11 is 0. The number of ether oxygens (including phenoxy) is 1. The zero-order chi connectivity index (χ0) is 17.2. The van der Waals surface area contributed by atoms with Crippen molar-refractivity contribution < 1.29 is 27.8 Å². The molecule has 0 aliphatic carbocycles. The number of aromatic hydroxyl groups is 1. The number of rotatable bonds is 4. The number of benzene rings is 1. The number of hydrogen-bond acceptors (Lipinski definition) is 5. The number of nitrogens with zero attached hydrogens (tertiary/aromatic N) is 1. The van der Waals surface area contributed by atoms with E-state index in [0.29, 0.717) is 0 Å². The number of pyridine rings is 1. The fourth-order valence-corrected chi connectivity index (χ4v) is 1.79. The van der Waals surface area contributed by atoms with Crippen LogP contribution in [0.2, 0.25) is 0 Å². The van der Waals surface area contributed by atoms with Crippen LogP contribution in [0.15, 0.2) is 30.3 Å². The number of halogens is 3. The molecule has 0 atom stereocenters. The Hall–Kier alpha value is -2.81. The average molecular weight is 327 g/mol. The van der Waals surface area contributed by atoms with Crippen molar-refractivity contribution in [3.8, 4) is 17.4 Å². The minimum Gasteiger partial charge on any atom is -0.504 e. The van der Waals surface area contributed by atoms with Gasteiger partial charge in [0.05, 0.1) is 5.56 Å². The molecule has 23 heavy (non-hydrogen) atoms. The number of phenols is 1. The second-order valence-corrected chi connectivity index (χ2v) is 4.52. The van der Waals surface area contributed by atoms with Gasteiger partial charge in [0, 0.05) is 12.6 Å². The van der Waals surface area contributed by atoms with Gasteiger partial charge in [-0.1, -0.05) is 6.07 Å². The molecule has 0 spiro atoms. The van der Waals surface area contributed by atoms with Crippen molar-refractivity contribution in [2.45, 2.75) is 12.7 Å². The molecule has 0 saturated heterocycles. The Balaban J connectivity index is 2.45. The number of nitrogens with two attached hydrogens (primary N) is 2. The second-order valence-electron chi connectivity index (χ2n) is 4.52. The molecule has 0 unspecified atom stereocenters. The Morgan fingerprint density at radius 1 is 1.30 bits per heavy atom.